The van der Waals surface area contributed by atoms with Gasteiger partial charge in [-0.15, -0.1) is 0 Å². The SMILES string of the molecule is CCN(CC)C(C)(CC)C(NN)c1cccc(Br)c1F. The van der Waals surface area contributed by atoms with Gasteiger partial charge in [-0.3, -0.25) is 16.2 Å². The maximum atomic E-state index is 14.4. The summed E-state index contributed by atoms with van der Waals surface area (Å²) < 4.78 is 14.9. The lowest BCUT2D eigenvalue weighted by atomic mass is 9.83. The van der Waals surface area contributed by atoms with E-state index in [1.165, 1.54) is 0 Å². The van der Waals surface area contributed by atoms with E-state index in [2.05, 4.69) is 54.0 Å². The van der Waals surface area contributed by atoms with Gasteiger partial charge >= 0.3 is 0 Å². The van der Waals surface area contributed by atoms with Crippen LogP contribution < -0.4 is 11.3 Å². The molecule has 1 rings (SSSR count). The van der Waals surface area contributed by atoms with Gasteiger partial charge in [0, 0.05) is 11.1 Å². The molecule has 0 aromatic heterocycles. The lowest BCUT2D eigenvalue weighted by molar-refractivity contribution is 0.0684. The van der Waals surface area contributed by atoms with Crippen LogP contribution in [-0.2, 0) is 0 Å². The number of hydrogen-bond donors (Lipinski definition) is 2. The van der Waals surface area contributed by atoms with Crippen molar-refractivity contribution in [2.24, 2.45) is 5.84 Å². The summed E-state index contributed by atoms with van der Waals surface area (Å²) in [7, 11) is 0. The Balaban J connectivity index is 3.31. The Morgan fingerprint density at radius 1 is 1.35 bits per heavy atom. The molecule has 0 radical (unpaired) electrons. The zero-order chi connectivity index (χ0) is 15.3. The van der Waals surface area contributed by atoms with E-state index in [1.54, 1.807) is 12.1 Å². The van der Waals surface area contributed by atoms with Crippen molar-refractivity contribution in [3.05, 3.63) is 34.1 Å². The zero-order valence-electron chi connectivity index (χ0n) is 12.7. The van der Waals surface area contributed by atoms with Crippen molar-refractivity contribution in [2.45, 2.75) is 45.7 Å². The van der Waals surface area contributed by atoms with Gasteiger partial charge in [-0.05, 0) is 48.4 Å². The largest absolute Gasteiger partial charge is 0.297 e. The average Bonchev–Trinajstić information content (AvgIpc) is 2.45. The number of rotatable bonds is 7. The Morgan fingerprint density at radius 3 is 2.40 bits per heavy atom. The third-order valence-electron chi connectivity index (χ3n) is 4.28. The number of halogens is 2. The molecule has 3 N–H and O–H groups in total. The Kier molecular flexibility index (Phi) is 6.58. The van der Waals surface area contributed by atoms with Gasteiger partial charge in [0.2, 0.25) is 0 Å². The first kappa shape index (κ1) is 17.6. The molecule has 0 spiro atoms. The number of nitrogens with zero attached hydrogens (tertiary/aromatic N) is 1. The van der Waals surface area contributed by atoms with E-state index in [9.17, 15) is 4.39 Å². The predicted molar refractivity (Wildman–Crippen MR) is 85.8 cm³/mol. The molecular weight excluding hydrogens is 321 g/mol. The summed E-state index contributed by atoms with van der Waals surface area (Å²) >= 11 is 3.25. The van der Waals surface area contributed by atoms with E-state index < -0.39 is 0 Å². The zero-order valence-corrected chi connectivity index (χ0v) is 14.3. The molecule has 0 fully saturated rings. The highest BCUT2D eigenvalue weighted by molar-refractivity contribution is 9.10. The highest BCUT2D eigenvalue weighted by atomic mass is 79.9. The van der Waals surface area contributed by atoms with Crippen LogP contribution in [0.5, 0.6) is 0 Å². The highest BCUT2D eigenvalue weighted by Crippen LogP contribution is 2.36. The van der Waals surface area contributed by atoms with Crippen molar-refractivity contribution in [2.75, 3.05) is 13.1 Å². The Hall–Kier alpha value is -0.490. The van der Waals surface area contributed by atoms with Crippen LogP contribution in [0.3, 0.4) is 0 Å². The fraction of sp³-hybridized carbons (Fsp3) is 0.600. The number of hydrogen-bond acceptors (Lipinski definition) is 3. The van der Waals surface area contributed by atoms with Crippen LogP contribution >= 0.6 is 15.9 Å². The molecule has 20 heavy (non-hydrogen) atoms. The van der Waals surface area contributed by atoms with E-state index in [0.29, 0.717) is 10.0 Å². The van der Waals surface area contributed by atoms with Crippen molar-refractivity contribution >= 4 is 15.9 Å². The van der Waals surface area contributed by atoms with Crippen LogP contribution in [0.25, 0.3) is 0 Å². The molecule has 5 heteroatoms. The quantitative estimate of drug-likeness (QED) is 0.585. The first-order valence-electron chi connectivity index (χ1n) is 7.11. The molecule has 0 bridgehead atoms. The molecule has 3 nitrogen and oxygen atoms in total. The molecule has 0 saturated carbocycles. The van der Waals surface area contributed by atoms with Crippen LogP contribution in [0.1, 0.15) is 45.7 Å². The smallest absolute Gasteiger partial charge is 0.142 e. The van der Waals surface area contributed by atoms with Crippen LogP contribution in [0.4, 0.5) is 4.39 Å². The molecule has 0 saturated heterocycles. The number of benzene rings is 1. The topological polar surface area (TPSA) is 41.3 Å². The fourth-order valence-electron chi connectivity index (χ4n) is 2.90. The predicted octanol–water partition coefficient (Wildman–Crippen LogP) is 3.60. The summed E-state index contributed by atoms with van der Waals surface area (Å²) in [6.07, 6.45) is 0.871. The molecule has 1 aromatic rings. The summed E-state index contributed by atoms with van der Waals surface area (Å²) in [5.41, 5.74) is 3.17. The van der Waals surface area contributed by atoms with Gasteiger partial charge in [0.25, 0.3) is 0 Å². The molecule has 114 valence electrons. The molecule has 2 unspecified atom stereocenters. The van der Waals surface area contributed by atoms with Gasteiger partial charge < -0.3 is 0 Å². The summed E-state index contributed by atoms with van der Waals surface area (Å²) in [5.74, 6) is 5.53. The van der Waals surface area contributed by atoms with Crippen LogP contribution in [0, 0.1) is 5.82 Å². The van der Waals surface area contributed by atoms with E-state index >= 15 is 0 Å². The summed E-state index contributed by atoms with van der Waals surface area (Å²) in [6, 6.07) is 5.06. The van der Waals surface area contributed by atoms with Crippen LogP contribution in [0.15, 0.2) is 22.7 Å². The molecule has 0 aliphatic heterocycles. The van der Waals surface area contributed by atoms with E-state index in [-0.39, 0.29) is 17.4 Å². The minimum absolute atomic E-state index is 0.248. The normalized spacial score (nSPS) is 16.2. The number of nitrogens with one attached hydrogen (secondary N) is 1. The van der Waals surface area contributed by atoms with Gasteiger partial charge in [-0.25, -0.2) is 4.39 Å². The molecule has 0 aliphatic rings. The summed E-state index contributed by atoms with van der Waals surface area (Å²) in [5, 5.41) is 0. The summed E-state index contributed by atoms with van der Waals surface area (Å²) in [6.45, 7) is 10.3. The third kappa shape index (κ3) is 3.22. The maximum absolute atomic E-state index is 14.4. The minimum Gasteiger partial charge on any atom is -0.297 e. The molecule has 0 heterocycles. The molecular formula is C15H25BrFN3. The van der Waals surface area contributed by atoms with Gasteiger partial charge in [0.1, 0.15) is 5.82 Å². The van der Waals surface area contributed by atoms with Crippen molar-refractivity contribution in [3.8, 4) is 0 Å². The summed E-state index contributed by atoms with van der Waals surface area (Å²) in [4.78, 5) is 2.32. The first-order valence-corrected chi connectivity index (χ1v) is 7.90. The van der Waals surface area contributed by atoms with Crippen molar-refractivity contribution in [1.82, 2.24) is 10.3 Å². The Morgan fingerprint density at radius 2 is 1.95 bits per heavy atom. The third-order valence-corrected chi connectivity index (χ3v) is 4.90. The second kappa shape index (κ2) is 7.50. The lowest BCUT2D eigenvalue weighted by Gasteiger charge is -2.45. The second-order valence-corrected chi connectivity index (χ2v) is 5.98. The van der Waals surface area contributed by atoms with Crippen molar-refractivity contribution in [3.63, 3.8) is 0 Å². The Labute approximate surface area is 129 Å². The van der Waals surface area contributed by atoms with Gasteiger partial charge in [0.15, 0.2) is 0 Å². The van der Waals surface area contributed by atoms with Crippen molar-refractivity contribution in [1.29, 1.82) is 0 Å². The van der Waals surface area contributed by atoms with Crippen LogP contribution in [-0.4, -0.2) is 23.5 Å². The first-order chi connectivity index (χ1) is 9.46. The van der Waals surface area contributed by atoms with Crippen LogP contribution in [0.2, 0.25) is 0 Å². The Bertz CT molecular complexity index is 437. The number of likely N-dealkylation sites (N-methyl/N-ethyl adjacent to an activating group) is 1. The minimum atomic E-state index is -0.273. The van der Waals surface area contributed by atoms with Gasteiger partial charge in [-0.1, -0.05) is 32.9 Å². The number of hydrazine groups is 1. The molecule has 0 aliphatic carbocycles. The fourth-order valence-corrected chi connectivity index (χ4v) is 3.29. The molecule has 1 aromatic carbocycles. The van der Waals surface area contributed by atoms with E-state index in [4.69, 9.17) is 5.84 Å². The van der Waals surface area contributed by atoms with E-state index in [0.717, 1.165) is 19.5 Å². The molecule has 0 amide bonds. The second-order valence-electron chi connectivity index (χ2n) is 5.13. The highest BCUT2D eigenvalue weighted by Gasteiger charge is 2.38. The monoisotopic (exact) mass is 345 g/mol. The standard InChI is InChI=1S/C15H25BrFN3/c1-5-15(4,20(6-2)7-3)14(19-18)11-9-8-10-12(16)13(11)17/h8-10,14,19H,5-7,18H2,1-4H3. The lowest BCUT2D eigenvalue weighted by Crippen LogP contribution is -2.55. The number of nitrogens with two attached hydrogens (primary N) is 1. The van der Waals surface area contributed by atoms with Crippen molar-refractivity contribution < 1.29 is 4.39 Å². The van der Waals surface area contributed by atoms with Gasteiger partial charge in [0.05, 0.1) is 10.5 Å². The molecule has 2 atom stereocenters. The van der Waals surface area contributed by atoms with Gasteiger partial charge in [-0.2, -0.15) is 0 Å². The average molecular weight is 346 g/mol. The maximum Gasteiger partial charge on any atom is 0.142 e. The van der Waals surface area contributed by atoms with E-state index in [1.807, 2.05) is 6.07 Å².